The lowest BCUT2D eigenvalue weighted by Gasteiger charge is -2.43. The van der Waals surface area contributed by atoms with Crippen LogP contribution >= 0.6 is 0 Å². The Morgan fingerprint density at radius 3 is 2.52 bits per heavy atom. The molecule has 1 saturated heterocycles. The summed E-state index contributed by atoms with van der Waals surface area (Å²) in [4.78, 5) is 17.7. The van der Waals surface area contributed by atoms with Crippen LogP contribution in [0.5, 0.6) is 0 Å². The predicted molar refractivity (Wildman–Crippen MR) is 124 cm³/mol. The molecular weight excluding hydrogens is 396 g/mol. The molecule has 31 heavy (non-hydrogen) atoms. The fourth-order valence-corrected chi connectivity index (χ4v) is 5.03. The number of nitrogens with zero attached hydrogens (tertiary/aromatic N) is 2. The first-order chi connectivity index (χ1) is 14.8. The Hall–Kier alpha value is -1.06. The lowest BCUT2D eigenvalue weighted by atomic mass is 9.87. The molecule has 0 aliphatic carbocycles. The largest absolute Gasteiger partial charge is 0.481 e. The number of carboxylic acid groups (broad SMARTS) is 1. The molecule has 5 atom stereocenters. The minimum Gasteiger partial charge on any atom is -0.481 e. The lowest BCUT2D eigenvalue weighted by Crippen LogP contribution is -2.60. The lowest BCUT2D eigenvalue weighted by molar-refractivity contribution is -0.142. The van der Waals surface area contributed by atoms with Crippen molar-refractivity contribution in [1.82, 2.24) is 15.5 Å². The van der Waals surface area contributed by atoms with E-state index in [9.17, 15) is 15.0 Å². The van der Waals surface area contributed by atoms with Gasteiger partial charge in [-0.2, -0.15) is 0 Å². The number of hydrogen-bond donors (Lipinski definition) is 5. The van der Waals surface area contributed by atoms with Crippen molar-refractivity contribution in [2.75, 3.05) is 26.8 Å². The molecule has 0 amide bonds. The molecule has 8 heteroatoms. The molecule has 5 N–H and O–H groups in total. The summed E-state index contributed by atoms with van der Waals surface area (Å²) in [5, 5.41) is 36.2. The molecular formula is C23H44N4O4. The van der Waals surface area contributed by atoms with Crippen molar-refractivity contribution < 1.29 is 20.1 Å². The van der Waals surface area contributed by atoms with E-state index in [1.165, 1.54) is 25.7 Å². The fraction of sp³-hybridized carbons (Fsp3) is 0.913. The summed E-state index contributed by atoms with van der Waals surface area (Å²) >= 11 is 0. The molecule has 2 aliphatic rings. The van der Waals surface area contributed by atoms with Crippen LogP contribution in [-0.2, 0) is 4.79 Å². The molecule has 2 aliphatic heterocycles. The Kier molecular flexibility index (Phi) is 11.4. The van der Waals surface area contributed by atoms with Gasteiger partial charge in [0.25, 0.3) is 0 Å². The number of aliphatic carboxylic acids is 1. The number of aliphatic hydroxyl groups is 2. The van der Waals surface area contributed by atoms with Gasteiger partial charge in [0, 0.05) is 37.4 Å². The molecule has 0 aromatic rings. The summed E-state index contributed by atoms with van der Waals surface area (Å²) in [5.41, 5.74) is -1.14. The van der Waals surface area contributed by atoms with Gasteiger partial charge in [-0.05, 0) is 33.2 Å². The number of aliphatic imine (C=N–C) groups is 1. The van der Waals surface area contributed by atoms with Crippen LogP contribution in [0.25, 0.3) is 0 Å². The Morgan fingerprint density at radius 1 is 1.23 bits per heavy atom. The second-order valence-corrected chi connectivity index (χ2v) is 9.55. The zero-order valence-corrected chi connectivity index (χ0v) is 19.4. The Morgan fingerprint density at radius 2 is 1.90 bits per heavy atom. The molecule has 180 valence electrons. The number of piperidine rings is 1. The van der Waals surface area contributed by atoms with Crippen LogP contribution in [0.15, 0.2) is 4.99 Å². The van der Waals surface area contributed by atoms with E-state index in [4.69, 9.17) is 5.11 Å². The highest BCUT2D eigenvalue weighted by atomic mass is 16.4. The smallest absolute Gasteiger partial charge is 0.306 e. The summed E-state index contributed by atoms with van der Waals surface area (Å²) in [6.45, 7) is 4.02. The third-order valence-corrected chi connectivity index (χ3v) is 6.82. The summed E-state index contributed by atoms with van der Waals surface area (Å²) in [5.74, 6) is -0.950. The van der Waals surface area contributed by atoms with Crippen LogP contribution in [-0.4, -0.2) is 89.0 Å². The van der Waals surface area contributed by atoms with Gasteiger partial charge in [-0.15, -0.1) is 0 Å². The topological polar surface area (TPSA) is 117 Å². The Labute approximate surface area is 187 Å². The number of unbranched alkanes of at least 4 members (excludes halogenated alkanes) is 6. The average molecular weight is 441 g/mol. The van der Waals surface area contributed by atoms with Crippen molar-refractivity contribution in [2.45, 2.75) is 107 Å². The third kappa shape index (κ3) is 9.14. The summed E-state index contributed by atoms with van der Waals surface area (Å²) in [7, 11) is 1.74. The van der Waals surface area contributed by atoms with Gasteiger partial charge >= 0.3 is 5.97 Å². The van der Waals surface area contributed by atoms with E-state index in [1.54, 1.807) is 7.05 Å². The van der Waals surface area contributed by atoms with Gasteiger partial charge in [0.1, 0.15) is 0 Å². The predicted octanol–water partition coefficient (Wildman–Crippen LogP) is 1.75. The normalized spacial score (nSPS) is 28.6. The van der Waals surface area contributed by atoms with Crippen molar-refractivity contribution in [3.63, 3.8) is 0 Å². The van der Waals surface area contributed by atoms with Crippen LogP contribution < -0.4 is 10.6 Å². The minimum absolute atomic E-state index is 0.146. The number of nitrogens with one attached hydrogen (secondary N) is 2. The van der Waals surface area contributed by atoms with Crippen molar-refractivity contribution in [1.29, 1.82) is 0 Å². The Bertz CT molecular complexity index is 554. The molecule has 2 heterocycles. The second kappa shape index (κ2) is 13.5. The zero-order valence-electron chi connectivity index (χ0n) is 19.4. The van der Waals surface area contributed by atoms with E-state index in [0.717, 1.165) is 45.3 Å². The van der Waals surface area contributed by atoms with E-state index < -0.39 is 11.6 Å². The van der Waals surface area contributed by atoms with Gasteiger partial charge in [0.05, 0.1) is 24.8 Å². The van der Waals surface area contributed by atoms with Gasteiger partial charge < -0.3 is 26.0 Å². The average Bonchev–Trinajstić information content (AvgIpc) is 3.23. The SMILES string of the molecule is CNC[C@@](O)(CCCCCCCCC[C@H]1N[C@@H](C)[C@H](O)C[C@@H]1N1CC=NC1)CC(=O)O. The van der Waals surface area contributed by atoms with E-state index in [-0.39, 0.29) is 18.6 Å². The molecule has 0 radical (unpaired) electrons. The molecule has 1 fully saturated rings. The molecule has 0 spiro atoms. The third-order valence-electron chi connectivity index (χ3n) is 6.82. The summed E-state index contributed by atoms with van der Waals surface area (Å²) in [6, 6.07) is 0.919. The zero-order chi connectivity index (χ0) is 22.7. The summed E-state index contributed by atoms with van der Waals surface area (Å²) < 4.78 is 0. The summed E-state index contributed by atoms with van der Waals surface area (Å²) in [6.07, 6.45) is 11.8. The van der Waals surface area contributed by atoms with Gasteiger partial charge in [-0.3, -0.25) is 14.7 Å². The van der Waals surface area contributed by atoms with E-state index in [0.29, 0.717) is 25.0 Å². The first-order valence-corrected chi connectivity index (χ1v) is 12.1. The first kappa shape index (κ1) is 26.2. The second-order valence-electron chi connectivity index (χ2n) is 9.55. The van der Waals surface area contributed by atoms with Gasteiger partial charge in [-0.1, -0.05) is 44.9 Å². The van der Waals surface area contributed by atoms with Crippen LogP contribution in [0.3, 0.4) is 0 Å². The minimum atomic E-state index is -1.14. The maximum absolute atomic E-state index is 11.0. The molecule has 8 nitrogen and oxygen atoms in total. The fourth-order valence-electron chi connectivity index (χ4n) is 5.03. The molecule has 2 rings (SSSR count). The van der Waals surface area contributed by atoms with E-state index in [2.05, 4.69) is 27.4 Å². The number of rotatable bonds is 15. The van der Waals surface area contributed by atoms with Crippen molar-refractivity contribution in [3.05, 3.63) is 0 Å². The molecule has 0 saturated carbocycles. The maximum atomic E-state index is 11.0. The van der Waals surface area contributed by atoms with Crippen LogP contribution in [0.1, 0.15) is 77.6 Å². The number of likely N-dealkylation sites (N-methyl/N-ethyl adjacent to an activating group) is 1. The number of hydrogen-bond acceptors (Lipinski definition) is 7. The van der Waals surface area contributed by atoms with Crippen LogP contribution in [0.2, 0.25) is 0 Å². The number of aliphatic hydroxyl groups excluding tert-OH is 1. The van der Waals surface area contributed by atoms with Crippen LogP contribution in [0, 0.1) is 0 Å². The molecule has 0 aromatic heterocycles. The number of carboxylic acids is 1. The van der Waals surface area contributed by atoms with Gasteiger partial charge in [0.15, 0.2) is 0 Å². The molecule has 0 bridgehead atoms. The highest BCUT2D eigenvalue weighted by Crippen LogP contribution is 2.25. The molecule has 0 aromatic carbocycles. The van der Waals surface area contributed by atoms with Gasteiger partial charge in [-0.25, -0.2) is 0 Å². The maximum Gasteiger partial charge on any atom is 0.306 e. The van der Waals surface area contributed by atoms with Gasteiger partial charge in [0.2, 0.25) is 0 Å². The monoisotopic (exact) mass is 440 g/mol. The quantitative estimate of drug-likeness (QED) is 0.246. The first-order valence-electron chi connectivity index (χ1n) is 12.1. The highest BCUT2D eigenvalue weighted by molar-refractivity contribution is 5.68. The highest BCUT2D eigenvalue weighted by Gasteiger charge is 2.37. The van der Waals surface area contributed by atoms with Crippen molar-refractivity contribution in [3.8, 4) is 0 Å². The Balaban J connectivity index is 1.57. The van der Waals surface area contributed by atoms with E-state index >= 15 is 0 Å². The molecule has 0 unspecified atom stereocenters. The standard InChI is InChI=1S/C23H44N4O4/c1-18-21(28)14-20(27-13-12-25-17-27)19(26-18)10-8-6-4-3-5-7-9-11-23(31,16-24-2)15-22(29)30/h12,18-21,24,26,28,31H,3-11,13-17H2,1-2H3,(H,29,30)/t18-,19+,20-,21+,23+/m0/s1. The van der Waals surface area contributed by atoms with E-state index in [1.807, 2.05) is 6.21 Å². The van der Waals surface area contributed by atoms with Crippen molar-refractivity contribution in [2.24, 2.45) is 4.99 Å². The van der Waals surface area contributed by atoms with Crippen molar-refractivity contribution >= 4 is 12.2 Å². The number of carbonyl (C=O) groups is 1. The van der Waals surface area contributed by atoms with Crippen LogP contribution in [0.4, 0.5) is 0 Å².